The van der Waals surface area contributed by atoms with Gasteiger partial charge in [-0.3, -0.25) is 4.79 Å². The van der Waals surface area contributed by atoms with Gasteiger partial charge >= 0.3 is 0 Å². The Balaban J connectivity index is 1.93. The van der Waals surface area contributed by atoms with E-state index in [0.717, 1.165) is 0 Å². The Morgan fingerprint density at radius 2 is 2.29 bits per heavy atom. The normalized spacial score (nSPS) is 18.9. The summed E-state index contributed by atoms with van der Waals surface area (Å²) in [4.78, 5) is 12.1. The Morgan fingerprint density at radius 1 is 1.53 bits per heavy atom. The first-order valence-corrected chi connectivity index (χ1v) is 5.55. The largest absolute Gasteiger partial charge is 0.381 e. The third-order valence-corrected chi connectivity index (χ3v) is 3.12. The quantitative estimate of drug-likeness (QED) is 0.593. The maximum Gasteiger partial charge on any atom is 0.228 e. The molecule has 1 amide bonds. The van der Waals surface area contributed by atoms with E-state index in [0.29, 0.717) is 38.4 Å². The summed E-state index contributed by atoms with van der Waals surface area (Å²) in [7, 11) is 0. The first-order valence-electron chi connectivity index (χ1n) is 5.55. The van der Waals surface area contributed by atoms with E-state index >= 15 is 0 Å². The first kappa shape index (κ1) is 11.9. The van der Waals surface area contributed by atoms with Gasteiger partial charge in [0.1, 0.15) is 0 Å². The molecule has 1 aromatic heterocycles. The molecule has 0 radical (unpaired) electrons. The summed E-state index contributed by atoms with van der Waals surface area (Å²) in [6, 6.07) is 0. The van der Waals surface area contributed by atoms with Gasteiger partial charge in [0.15, 0.2) is 5.82 Å². The molecule has 0 aliphatic carbocycles. The van der Waals surface area contributed by atoms with Gasteiger partial charge in [-0.1, -0.05) is 5.21 Å². The van der Waals surface area contributed by atoms with Gasteiger partial charge in [-0.15, -0.1) is 10.2 Å². The van der Waals surface area contributed by atoms with E-state index in [1.807, 2.05) is 0 Å². The van der Waals surface area contributed by atoms with Crippen molar-refractivity contribution in [2.45, 2.75) is 19.4 Å². The molecule has 2 rings (SSSR count). The molecule has 1 aliphatic heterocycles. The van der Waals surface area contributed by atoms with Crippen molar-refractivity contribution in [1.29, 1.82) is 0 Å². The number of ether oxygens (including phenoxy) is 1. The van der Waals surface area contributed by atoms with Crippen LogP contribution in [0, 0.1) is 5.41 Å². The smallest absolute Gasteiger partial charge is 0.228 e. The Morgan fingerprint density at radius 3 is 2.88 bits per heavy atom. The minimum absolute atomic E-state index is 0.0619. The predicted molar refractivity (Wildman–Crippen MR) is 57.6 cm³/mol. The van der Waals surface area contributed by atoms with Gasteiger partial charge in [0.05, 0.1) is 12.0 Å². The summed E-state index contributed by atoms with van der Waals surface area (Å²) in [6.45, 7) is 1.74. The summed E-state index contributed by atoms with van der Waals surface area (Å²) in [6.07, 6.45) is 1.31. The highest BCUT2D eigenvalue weighted by Crippen LogP contribution is 2.29. The number of nitrogens with two attached hydrogens (primary N) is 1. The Bertz CT molecular complexity index is 360. The van der Waals surface area contributed by atoms with Gasteiger partial charge in [-0.05, 0) is 12.8 Å². The zero-order valence-corrected chi connectivity index (χ0v) is 9.48. The third kappa shape index (κ3) is 2.59. The number of tetrazole rings is 1. The fourth-order valence-electron chi connectivity index (χ4n) is 1.89. The van der Waals surface area contributed by atoms with Crippen LogP contribution in [0.3, 0.4) is 0 Å². The highest BCUT2D eigenvalue weighted by Gasteiger charge is 2.38. The molecule has 1 aliphatic rings. The fourth-order valence-corrected chi connectivity index (χ4v) is 1.89. The van der Waals surface area contributed by atoms with Crippen LogP contribution in [0.2, 0.25) is 0 Å². The minimum Gasteiger partial charge on any atom is -0.381 e. The van der Waals surface area contributed by atoms with Crippen LogP contribution in [0.5, 0.6) is 0 Å². The van der Waals surface area contributed by atoms with E-state index in [1.54, 1.807) is 0 Å². The molecule has 1 fully saturated rings. The molecule has 0 saturated carbocycles. The molecule has 8 heteroatoms. The topological polar surface area (TPSA) is 119 Å². The molecular weight excluding hydrogens is 224 g/mol. The molecule has 1 aromatic rings. The average molecular weight is 240 g/mol. The van der Waals surface area contributed by atoms with E-state index in [4.69, 9.17) is 10.5 Å². The number of hydrogen-bond donors (Lipinski definition) is 3. The number of nitrogens with one attached hydrogen (secondary N) is 2. The van der Waals surface area contributed by atoms with Gasteiger partial charge in [0.25, 0.3) is 0 Å². The van der Waals surface area contributed by atoms with Gasteiger partial charge < -0.3 is 15.8 Å². The zero-order chi connectivity index (χ0) is 12.1. The van der Waals surface area contributed by atoms with Crippen LogP contribution in [-0.4, -0.2) is 46.3 Å². The second kappa shape index (κ2) is 5.19. The molecule has 94 valence electrons. The number of rotatable bonds is 4. The lowest BCUT2D eigenvalue weighted by atomic mass is 9.79. The van der Waals surface area contributed by atoms with Gasteiger partial charge in [-0.25, -0.2) is 0 Å². The predicted octanol–water partition coefficient (Wildman–Crippen LogP) is -1.43. The lowest BCUT2D eigenvalue weighted by Gasteiger charge is -2.34. The lowest BCUT2D eigenvalue weighted by molar-refractivity contribution is -0.136. The van der Waals surface area contributed by atoms with Crippen molar-refractivity contribution in [1.82, 2.24) is 25.9 Å². The number of hydrogen-bond acceptors (Lipinski definition) is 6. The van der Waals surface area contributed by atoms with Crippen LogP contribution in [0.15, 0.2) is 0 Å². The molecule has 2 heterocycles. The van der Waals surface area contributed by atoms with E-state index in [1.165, 1.54) is 0 Å². The summed E-state index contributed by atoms with van der Waals surface area (Å²) < 4.78 is 5.25. The first-order chi connectivity index (χ1) is 8.27. The van der Waals surface area contributed by atoms with Crippen molar-refractivity contribution in [3.63, 3.8) is 0 Å². The number of carbonyl (C=O) groups excluding carboxylic acids is 1. The molecule has 1 saturated heterocycles. The van der Waals surface area contributed by atoms with Crippen molar-refractivity contribution < 1.29 is 9.53 Å². The van der Waals surface area contributed by atoms with Crippen LogP contribution in [0.1, 0.15) is 18.7 Å². The van der Waals surface area contributed by atoms with E-state index in [2.05, 4.69) is 25.9 Å². The fraction of sp³-hybridized carbons (Fsp3) is 0.778. The van der Waals surface area contributed by atoms with Crippen LogP contribution in [0.25, 0.3) is 0 Å². The molecule has 0 bridgehead atoms. The number of nitrogens with zero attached hydrogens (tertiary/aromatic N) is 3. The lowest BCUT2D eigenvalue weighted by Crippen LogP contribution is -2.49. The number of amides is 1. The molecule has 4 N–H and O–H groups in total. The third-order valence-electron chi connectivity index (χ3n) is 3.12. The van der Waals surface area contributed by atoms with Crippen molar-refractivity contribution in [3.8, 4) is 0 Å². The van der Waals surface area contributed by atoms with Crippen molar-refractivity contribution in [2.75, 3.05) is 19.8 Å². The average Bonchev–Trinajstić information content (AvgIpc) is 2.90. The second-order valence-corrected chi connectivity index (χ2v) is 4.11. The number of aromatic amines is 1. The minimum atomic E-state index is -0.512. The number of carbonyl (C=O) groups is 1. The van der Waals surface area contributed by atoms with Crippen LogP contribution in [-0.2, 0) is 16.1 Å². The van der Waals surface area contributed by atoms with Crippen molar-refractivity contribution in [2.24, 2.45) is 11.1 Å². The molecular formula is C9H16N6O2. The Kier molecular flexibility index (Phi) is 3.64. The van der Waals surface area contributed by atoms with Gasteiger partial charge in [0, 0.05) is 19.8 Å². The second-order valence-electron chi connectivity index (χ2n) is 4.11. The molecule has 0 unspecified atom stereocenters. The summed E-state index contributed by atoms with van der Waals surface area (Å²) in [5, 5.41) is 16.1. The van der Waals surface area contributed by atoms with Crippen LogP contribution < -0.4 is 11.1 Å². The number of H-pyrrole nitrogens is 1. The Hall–Kier alpha value is -1.54. The standard InChI is InChI=1S/C9H16N6O2/c10-6-9(1-3-17-4-2-9)8(16)11-5-7-12-14-15-13-7/h1-6,10H2,(H,11,16)(H,12,13,14,15). The van der Waals surface area contributed by atoms with E-state index < -0.39 is 5.41 Å². The molecule has 0 aromatic carbocycles. The Labute approximate surface area is 98.3 Å². The zero-order valence-electron chi connectivity index (χ0n) is 9.48. The van der Waals surface area contributed by atoms with Gasteiger partial charge in [-0.2, -0.15) is 5.21 Å². The maximum absolute atomic E-state index is 12.1. The van der Waals surface area contributed by atoms with Crippen molar-refractivity contribution >= 4 is 5.91 Å². The highest BCUT2D eigenvalue weighted by molar-refractivity contribution is 5.82. The van der Waals surface area contributed by atoms with Gasteiger partial charge in [0.2, 0.25) is 5.91 Å². The maximum atomic E-state index is 12.1. The SMILES string of the molecule is NCC1(C(=O)NCc2nn[nH]n2)CCOCC1. The van der Waals surface area contributed by atoms with Crippen molar-refractivity contribution in [3.05, 3.63) is 5.82 Å². The van der Waals surface area contributed by atoms with Crippen LogP contribution in [0.4, 0.5) is 0 Å². The molecule has 8 nitrogen and oxygen atoms in total. The van der Waals surface area contributed by atoms with E-state index in [9.17, 15) is 4.79 Å². The van der Waals surface area contributed by atoms with Crippen LogP contribution >= 0.6 is 0 Å². The summed E-state index contributed by atoms with van der Waals surface area (Å²) in [5.74, 6) is 0.394. The summed E-state index contributed by atoms with van der Waals surface area (Å²) >= 11 is 0. The van der Waals surface area contributed by atoms with E-state index in [-0.39, 0.29) is 12.5 Å². The molecule has 0 atom stereocenters. The monoisotopic (exact) mass is 240 g/mol. The molecule has 0 spiro atoms. The highest BCUT2D eigenvalue weighted by atomic mass is 16.5. The number of aromatic nitrogens is 4. The molecule has 17 heavy (non-hydrogen) atoms. The summed E-state index contributed by atoms with van der Waals surface area (Å²) in [5.41, 5.74) is 5.21.